The third-order valence-electron chi connectivity index (χ3n) is 3.45. The van der Waals surface area contributed by atoms with Gasteiger partial charge in [-0.15, -0.1) is 0 Å². The number of ether oxygens (including phenoxy) is 2. The van der Waals surface area contributed by atoms with Crippen molar-refractivity contribution >= 4 is 17.3 Å². The Bertz CT molecular complexity index is 602. The average molecular weight is 330 g/mol. The van der Waals surface area contributed by atoms with Crippen molar-refractivity contribution in [2.45, 2.75) is 6.04 Å². The van der Waals surface area contributed by atoms with E-state index >= 15 is 0 Å². The smallest absolute Gasteiger partial charge is 0.167 e. The lowest BCUT2D eigenvalue weighted by Gasteiger charge is -2.22. The molecule has 0 aromatic heterocycles. The Morgan fingerprint density at radius 3 is 2.26 bits per heavy atom. The van der Waals surface area contributed by atoms with Crippen molar-refractivity contribution in [1.82, 2.24) is 10.6 Å². The Morgan fingerprint density at radius 2 is 1.65 bits per heavy atom. The van der Waals surface area contributed by atoms with Crippen molar-refractivity contribution in [3.05, 3.63) is 65.7 Å². The highest BCUT2D eigenvalue weighted by Crippen LogP contribution is 2.24. The molecule has 0 radical (unpaired) electrons. The van der Waals surface area contributed by atoms with Crippen LogP contribution in [0.25, 0.3) is 0 Å². The largest absolute Gasteiger partial charge is 0.497 e. The van der Waals surface area contributed by atoms with Gasteiger partial charge in [0.15, 0.2) is 5.11 Å². The summed E-state index contributed by atoms with van der Waals surface area (Å²) < 4.78 is 10.3. The maximum atomic E-state index is 5.39. The molecule has 0 unspecified atom stereocenters. The molecule has 0 aliphatic heterocycles. The summed E-state index contributed by atoms with van der Waals surface area (Å²) in [6.45, 7) is 1.28. The van der Waals surface area contributed by atoms with Crippen LogP contribution in [0.4, 0.5) is 0 Å². The number of rotatable bonds is 7. The molecule has 0 saturated heterocycles. The van der Waals surface area contributed by atoms with Crippen molar-refractivity contribution in [3.63, 3.8) is 0 Å². The third kappa shape index (κ3) is 5.23. The average Bonchev–Trinajstić information content (AvgIpc) is 2.61. The summed E-state index contributed by atoms with van der Waals surface area (Å²) in [5.74, 6) is 0.835. The predicted molar refractivity (Wildman–Crippen MR) is 96.9 cm³/mol. The standard InChI is InChI=1S/C18H22N2O2S/c1-21-13-12-19-18(23)20-17(14-6-4-3-5-7-14)15-8-10-16(22-2)11-9-15/h3-11,17H,12-13H2,1-2H3,(H2,19,20,23)/t17-/m0/s1. The molecule has 4 nitrogen and oxygen atoms in total. The number of benzene rings is 2. The van der Waals surface area contributed by atoms with Gasteiger partial charge in [-0.05, 0) is 35.5 Å². The van der Waals surface area contributed by atoms with Crippen LogP contribution in [0, 0.1) is 0 Å². The minimum absolute atomic E-state index is 0.0235. The number of hydrogen-bond donors (Lipinski definition) is 2. The van der Waals surface area contributed by atoms with Crippen LogP contribution in [0.5, 0.6) is 5.75 Å². The van der Waals surface area contributed by atoms with E-state index in [4.69, 9.17) is 21.7 Å². The number of nitrogens with one attached hydrogen (secondary N) is 2. The van der Waals surface area contributed by atoms with Gasteiger partial charge in [-0.25, -0.2) is 0 Å². The summed E-state index contributed by atoms with van der Waals surface area (Å²) in [5, 5.41) is 7.12. The zero-order chi connectivity index (χ0) is 16.5. The maximum Gasteiger partial charge on any atom is 0.167 e. The fraction of sp³-hybridized carbons (Fsp3) is 0.278. The maximum absolute atomic E-state index is 5.39. The summed E-state index contributed by atoms with van der Waals surface area (Å²) >= 11 is 5.39. The van der Waals surface area contributed by atoms with Crippen LogP contribution in [0.1, 0.15) is 17.2 Å². The van der Waals surface area contributed by atoms with E-state index in [-0.39, 0.29) is 6.04 Å². The molecule has 0 bridgehead atoms. The fourth-order valence-electron chi connectivity index (χ4n) is 2.25. The van der Waals surface area contributed by atoms with Crippen molar-refractivity contribution in [1.29, 1.82) is 0 Å². The quantitative estimate of drug-likeness (QED) is 0.604. The van der Waals surface area contributed by atoms with E-state index in [0.717, 1.165) is 16.9 Å². The zero-order valence-corrected chi connectivity index (χ0v) is 14.2. The molecule has 0 aliphatic carbocycles. The number of thiocarbonyl (C=S) groups is 1. The van der Waals surface area contributed by atoms with Crippen molar-refractivity contribution in [2.75, 3.05) is 27.4 Å². The molecule has 23 heavy (non-hydrogen) atoms. The van der Waals surface area contributed by atoms with Crippen LogP contribution in [-0.2, 0) is 4.74 Å². The number of methoxy groups -OCH3 is 2. The zero-order valence-electron chi connectivity index (χ0n) is 13.4. The van der Waals surface area contributed by atoms with Gasteiger partial charge in [-0.3, -0.25) is 0 Å². The Labute approximate surface area is 142 Å². The first-order valence-corrected chi connectivity index (χ1v) is 7.87. The first-order chi connectivity index (χ1) is 11.2. The van der Waals surface area contributed by atoms with Crippen LogP contribution in [-0.4, -0.2) is 32.5 Å². The van der Waals surface area contributed by atoms with Gasteiger partial charge >= 0.3 is 0 Å². The van der Waals surface area contributed by atoms with Crippen molar-refractivity contribution in [2.24, 2.45) is 0 Å². The summed E-state index contributed by atoms with van der Waals surface area (Å²) in [5.41, 5.74) is 2.27. The summed E-state index contributed by atoms with van der Waals surface area (Å²) in [4.78, 5) is 0. The molecule has 5 heteroatoms. The van der Waals surface area contributed by atoms with Gasteiger partial charge in [-0.2, -0.15) is 0 Å². The van der Waals surface area contributed by atoms with Gasteiger partial charge < -0.3 is 20.1 Å². The predicted octanol–water partition coefficient (Wildman–Crippen LogP) is 2.90. The molecule has 0 fully saturated rings. The first kappa shape index (κ1) is 17.2. The molecular weight excluding hydrogens is 308 g/mol. The highest BCUT2D eigenvalue weighted by atomic mass is 32.1. The van der Waals surface area contributed by atoms with E-state index in [1.165, 1.54) is 0 Å². The van der Waals surface area contributed by atoms with E-state index in [9.17, 15) is 0 Å². The van der Waals surface area contributed by atoms with Gasteiger partial charge in [0.25, 0.3) is 0 Å². The number of hydrogen-bond acceptors (Lipinski definition) is 3. The summed E-state index contributed by atoms with van der Waals surface area (Å²) in [7, 11) is 3.33. The topological polar surface area (TPSA) is 42.5 Å². The van der Waals surface area contributed by atoms with Crippen LogP contribution >= 0.6 is 12.2 Å². The highest BCUT2D eigenvalue weighted by molar-refractivity contribution is 7.80. The molecule has 2 N–H and O–H groups in total. The summed E-state index contributed by atoms with van der Waals surface area (Å²) in [6, 6.07) is 18.2. The SMILES string of the molecule is COCCNC(=S)N[C@@H](c1ccccc1)c1ccc(OC)cc1. The van der Waals surface area contributed by atoms with Gasteiger partial charge in [0.2, 0.25) is 0 Å². The van der Waals surface area contributed by atoms with Crippen molar-refractivity contribution < 1.29 is 9.47 Å². The lowest BCUT2D eigenvalue weighted by atomic mass is 9.99. The molecule has 2 aromatic rings. The molecule has 0 spiro atoms. The molecule has 0 aliphatic rings. The van der Waals surface area contributed by atoms with E-state index in [0.29, 0.717) is 18.3 Å². The Morgan fingerprint density at radius 1 is 1.00 bits per heavy atom. The molecule has 0 heterocycles. The Hall–Kier alpha value is -2.11. The molecule has 0 saturated carbocycles. The molecule has 2 aromatic carbocycles. The summed E-state index contributed by atoms with van der Waals surface area (Å²) in [6.07, 6.45) is 0. The second-order valence-electron chi connectivity index (χ2n) is 5.01. The Balaban J connectivity index is 2.16. The van der Waals surface area contributed by atoms with Gasteiger partial charge in [0, 0.05) is 13.7 Å². The molecule has 2 rings (SSSR count). The van der Waals surface area contributed by atoms with E-state index in [2.05, 4.69) is 22.8 Å². The molecular formula is C18H22N2O2S. The second-order valence-corrected chi connectivity index (χ2v) is 5.42. The highest BCUT2D eigenvalue weighted by Gasteiger charge is 2.15. The third-order valence-corrected chi connectivity index (χ3v) is 3.71. The lowest BCUT2D eigenvalue weighted by molar-refractivity contribution is 0.204. The van der Waals surface area contributed by atoms with Crippen molar-refractivity contribution in [3.8, 4) is 5.75 Å². The molecule has 122 valence electrons. The second kappa shape index (κ2) is 9.12. The minimum atomic E-state index is -0.0235. The van der Waals surface area contributed by atoms with E-state index < -0.39 is 0 Å². The first-order valence-electron chi connectivity index (χ1n) is 7.47. The Kier molecular flexibility index (Phi) is 6.84. The molecule has 1 atom stereocenters. The van der Waals surface area contributed by atoms with Gasteiger partial charge in [0.05, 0.1) is 19.8 Å². The van der Waals surface area contributed by atoms with Crippen LogP contribution in [0.3, 0.4) is 0 Å². The van der Waals surface area contributed by atoms with Crippen LogP contribution in [0.2, 0.25) is 0 Å². The fourth-order valence-corrected chi connectivity index (χ4v) is 2.47. The van der Waals surface area contributed by atoms with E-state index in [1.807, 2.05) is 42.5 Å². The lowest BCUT2D eigenvalue weighted by Crippen LogP contribution is -2.39. The minimum Gasteiger partial charge on any atom is -0.497 e. The van der Waals surface area contributed by atoms with E-state index in [1.54, 1.807) is 14.2 Å². The normalized spacial score (nSPS) is 11.6. The molecule has 0 amide bonds. The van der Waals surface area contributed by atoms with Crippen LogP contribution < -0.4 is 15.4 Å². The van der Waals surface area contributed by atoms with Gasteiger partial charge in [-0.1, -0.05) is 42.5 Å². The monoisotopic (exact) mass is 330 g/mol. The van der Waals surface area contributed by atoms with Crippen LogP contribution in [0.15, 0.2) is 54.6 Å². The van der Waals surface area contributed by atoms with Gasteiger partial charge in [0.1, 0.15) is 5.75 Å².